The molecule has 0 spiro atoms. The number of para-hydroxylation sites is 1. The maximum Gasteiger partial charge on any atom is 0.326 e. The van der Waals surface area contributed by atoms with Gasteiger partial charge in [-0.3, -0.25) is 14.4 Å². The topological polar surface area (TPSA) is 187 Å². The van der Waals surface area contributed by atoms with Gasteiger partial charge in [0.1, 0.15) is 23.9 Å². The number of carbonyl (C=O) groups excluding carboxylic acids is 3. The summed E-state index contributed by atoms with van der Waals surface area (Å²) >= 11 is 0. The molecule has 0 radical (unpaired) electrons. The normalized spacial score (nSPS) is 13.5. The Balaban J connectivity index is 1.39. The summed E-state index contributed by atoms with van der Waals surface area (Å²) in [6.07, 6.45) is 2.11. The number of phenolic OH excluding ortho intramolecular Hbond substituents is 1. The number of hydrogen-bond acceptors (Lipinski definition) is 6. The van der Waals surface area contributed by atoms with E-state index in [2.05, 4.69) is 20.9 Å². The minimum absolute atomic E-state index is 0.0272. The molecule has 0 aliphatic carbocycles. The van der Waals surface area contributed by atoms with Crippen LogP contribution in [0.15, 0.2) is 115 Å². The molecule has 0 saturated carbocycles. The smallest absolute Gasteiger partial charge is 0.326 e. The van der Waals surface area contributed by atoms with E-state index in [0.29, 0.717) is 5.56 Å². The van der Waals surface area contributed by atoms with Crippen molar-refractivity contribution in [3.63, 3.8) is 0 Å². The zero-order valence-corrected chi connectivity index (χ0v) is 26.7. The van der Waals surface area contributed by atoms with Crippen molar-refractivity contribution in [1.82, 2.24) is 20.9 Å². The lowest BCUT2D eigenvalue weighted by Crippen LogP contribution is -2.58. The number of fused-ring (bicyclic) bond motifs is 1. The van der Waals surface area contributed by atoms with Gasteiger partial charge >= 0.3 is 5.97 Å². The van der Waals surface area contributed by atoms with Crippen LogP contribution in [0.25, 0.3) is 10.9 Å². The number of nitrogens with one attached hydrogen (secondary N) is 4. The number of aromatic amines is 1. The van der Waals surface area contributed by atoms with Crippen molar-refractivity contribution in [3.05, 3.63) is 138 Å². The van der Waals surface area contributed by atoms with Crippen LogP contribution in [0.3, 0.4) is 0 Å². The van der Waals surface area contributed by atoms with Gasteiger partial charge in [-0.2, -0.15) is 0 Å². The predicted octanol–water partition coefficient (Wildman–Crippen LogP) is 3.01. The molecule has 0 saturated heterocycles. The number of carboxylic acids is 1. The Labute approximate surface area is 283 Å². The monoisotopic (exact) mass is 661 g/mol. The molecule has 252 valence electrons. The lowest BCUT2D eigenvalue weighted by Gasteiger charge is -2.25. The van der Waals surface area contributed by atoms with E-state index < -0.39 is 47.9 Å². The third-order valence-electron chi connectivity index (χ3n) is 8.27. The van der Waals surface area contributed by atoms with Crippen molar-refractivity contribution in [2.24, 2.45) is 5.73 Å². The third-order valence-corrected chi connectivity index (χ3v) is 8.27. The quantitative estimate of drug-likeness (QED) is 0.0899. The van der Waals surface area contributed by atoms with Crippen LogP contribution in [-0.2, 0) is 44.9 Å². The third kappa shape index (κ3) is 9.55. The van der Waals surface area contributed by atoms with E-state index in [4.69, 9.17) is 5.73 Å². The van der Waals surface area contributed by atoms with Crippen molar-refractivity contribution in [2.45, 2.75) is 49.9 Å². The van der Waals surface area contributed by atoms with Gasteiger partial charge in [0, 0.05) is 36.4 Å². The summed E-state index contributed by atoms with van der Waals surface area (Å²) in [4.78, 5) is 56.6. The number of carboxylic acid groups (broad SMARTS) is 1. The molecule has 0 fully saturated rings. The highest BCUT2D eigenvalue weighted by atomic mass is 16.4. The van der Waals surface area contributed by atoms with Crippen molar-refractivity contribution < 1.29 is 29.4 Å². The van der Waals surface area contributed by atoms with E-state index in [9.17, 15) is 29.4 Å². The fraction of sp³-hybridized carbons (Fsp3) is 0.211. The average molecular weight is 662 g/mol. The molecule has 1 aromatic heterocycles. The predicted molar refractivity (Wildman–Crippen MR) is 186 cm³/mol. The second-order valence-corrected chi connectivity index (χ2v) is 11.9. The molecule has 0 aliphatic rings. The number of amides is 3. The first-order chi connectivity index (χ1) is 23.7. The number of hydrogen-bond donors (Lipinski definition) is 7. The number of H-pyrrole nitrogens is 1. The van der Waals surface area contributed by atoms with Crippen LogP contribution in [0.5, 0.6) is 5.75 Å². The van der Waals surface area contributed by atoms with Crippen LogP contribution in [0.4, 0.5) is 0 Å². The van der Waals surface area contributed by atoms with Gasteiger partial charge in [-0.1, -0.05) is 91.0 Å². The maximum atomic E-state index is 14.0. The number of aromatic hydroxyl groups is 1. The van der Waals surface area contributed by atoms with Gasteiger partial charge in [-0.15, -0.1) is 0 Å². The molecular formula is C38H39N5O6. The molecule has 5 rings (SSSR count). The van der Waals surface area contributed by atoms with Crippen molar-refractivity contribution in [1.29, 1.82) is 0 Å². The van der Waals surface area contributed by atoms with Gasteiger partial charge in [0.05, 0.1) is 6.04 Å². The Morgan fingerprint density at radius 1 is 0.592 bits per heavy atom. The average Bonchev–Trinajstić information content (AvgIpc) is 3.51. The highest BCUT2D eigenvalue weighted by Crippen LogP contribution is 2.20. The maximum absolute atomic E-state index is 14.0. The van der Waals surface area contributed by atoms with Crippen LogP contribution >= 0.6 is 0 Å². The molecule has 1 heterocycles. The first-order valence-electron chi connectivity index (χ1n) is 16.0. The first kappa shape index (κ1) is 34.4. The van der Waals surface area contributed by atoms with Gasteiger partial charge in [0.25, 0.3) is 0 Å². The van der Waals surface area contributed by atoms with Gasteiger partial charge in [0.2, 0.25) is 17.7 Å². The molecule has 4 unspecified atom stereocenters. The first-order valence-corrected chi connectivity index (χ1v) is 16.0. The van der Waals surface area contributed by atoms with Crippen LogP contribution in [0.2, 0.25) is 0 Å². The molecule has 8 N–H and O–H groups in total. The van der Waals surface area contributed by atoms with E-state index in [0.717, 1.165) is 27.6 Å². The number of phenols is 1. The van der Waals surface area contributed by atoms with E-state index in [1.165, 1.54) is 12.1 Å². The van der Waals surface area contributed by atoms with Crippen LogP contribution in [0, 0.1) is 0 Å². The van der Waals surface area contributed by atoms with Gasteiger partial charge in [-0.05, 0) is 46.9 Å². The second kappa shape index (κ2) is 16.2. The fourth-order valence-corrected chi connectivity index (χ4v) is 5.64. The number of aliphatic carboxylic acids is 1. The molecule has 0 bridgehead atoms. The number of carbonyl (C=O) groups is 4. The molecule has 3 amide bonds. The van der Waals surface area contributed by atoms with E-state index in [-0.39, 0.29) is 31.4 Å². The van der Waals surface area contributed by atoms with Crippen molar-refractivity contribution in [2.75, 3.05) is 0 Å². The van der Waals surface area contributed by atoms with E-state index in [1.54, 1.807) is 18.3 Å². The largest absolute Gasteiger partial charge is 0.508 e. The van der Waals surface area contributed by atoms with E-state index in [1.807, 2.05) is 84.9 Å². The molecule has 11 nitrogen and oxygen atoms in total. The molecule has 4 aromatic carbocycles. The summed E-state index contributed by atoms with van der Waals surface area (Å²) in [7, 11) is 0. The zero-order chi connectivity index (χ0) is 34.8. The van der Waals surface area contributed by atoms with Crippen molar-refractivity contribution in [3.8, 4) is 5.75 Å². The summed E-state index contributed by atoms with van der Waals surface area (Å²) in [5, 5.41) is 28.6. The van der Waals surface area contributed by atoms with Gasteiger partial charge in [0.15, 0.2) is 0 Å². The number of nitrogens with two attached hydrogens (primary N) is 1. The zero-order valence-electron chi connectivity index (χ0n) is 26.7. The highest BCUT2D eigenvalue weighted by Gasteiger charge is 2.31. The van der Waals surface area contributed by atoms with Crippen LogP contribution < -0.4 is 21.7 Å². The molecular weight excluding hydrogens is 622 g/mol. The molecule has 49 heavy (non-hydrogen) atoms. The summed E-state index contributed by atoms with van der Waals surface area (Å²) in [6.45, 7) is 0. The Kier molecular flexibility index (Phi) is 11.4. The Morgan fingerprint density at radius 2 is 1.08 bits per heavy atom. The number of benzene rings is 4. The lowest BCUT2D eigenvalue weighted by molar-refractivity contribution is -0.142. The summed E-state index contributed by atoms with van der Waals surface area (Å²) in [5.41, 5.74) is 10.0. The SMILES string of the molecule is NC(Cc1ccccc1)C(=O)NC(Cc1ccccc1)C(=O)NC(Cc1c[nH]c2ccccc12)C(=O)NC(Cc1ccc(O)cc1)C(=O)O. The Bertz CT molecular complexity index is 1880. The highest BCUT2D eigenvalue weighted by molar-refractivity contribution is 5.95. The molecule has 0 aliphatic heterocycles. The molecule has 5 aromatic rings. The minimum Gasteiger partial charge on any atom is -0.508 e. The number of aromatic nitrogens is 1. The molecule has 11 heteroatoms. The summed E-state index contributed by atoms with van der Waals surface area (Å²) < 4.78 is 0. The van der Waals surface area contributed by atoms with Gasteiger partial charge in [-0.25, -0.2) is 4.79 Å². The Morgan fingerprint density at radius 3 is 1.71 bits per heavy atom. The molecule has 4 atom stereocenters. The fourth-order valence-electron chi connectivity index (χ4n) is 5.64. The van der Waals surface area contributed by atoms with Crippen molar-refractivity contribution >= 4 is 34.6 Å². The summed E-state index contributed by atoms with van der Waals surface area (Å²) in [6, 6.07) is 27.4. The van der Waals surface area contributed by atoms with Crippen LogP contribution in [0.1, 0.15) is 22.3 Å². The standard InChI is InChI=1S/C38H39N5O6/c39-30(19-24-9-3-1-4-10-24)35(45)41-32(20-25-11-5-2-6-12-25)36(46)42-33(22-27-23-40-31-14-8-7-13-29(27)31)37(47)43-34(38(48)49)21-26-15-17-28(44)18-16-26/h1-18,23,30,32-34,40,44H,19-22,39H2,(H,41,45)(H,42,46)(H,43,47)(H,48,49). The second-order valence-electron chi connectivity index (χ2n) is 11.9. The summed E-state index contributed by atoms with van der Waals surface area (Å²) in [5.74, 6) is -3.11. The minimum atomic E-state index is -1.32. The lowest BCUT2D eigenvalue weighted by atomic mass is 10.0. The number of rotatable bonds is 15. The van der Waals surface area contributed by atoms with Crippen LogP contribution in [-0.4, -0.2) is 63.1 Å². The van der Waals surface area contributed by atoms with E-state index >= 15 is 0 Å². The van der Waals surface area contributed by atoms with Gasteiger partial charge < -0.3 is 36.9 Å². The Hall–Kier alpha value is -5.94.